The van der Waals surface area contributed by atoms with E-state index in [1.807, 2.05) is 31.2 Å². The summed E-state index contributed by atoms with van der Waals surface area (Å²) < 4.78 is 43.6. The van der Waals surface area contributed by atoms with Crippen molar-refractivity contribution >= 4 is 5.69 Å². The Hall–Kier alpha value is -1.39. The predicted molar refractivity (Wildman–Crippen MR) is 73.0 cm³/mol. The Morgan fingerprint density at radius 3 is 2.50 bits per heavy atom. The van der Waals surface area contributed by atoms with Gasteiger partial charge in [-0.1, -0.05) is 6.42 Å². The van der Waals surface area contributed by atoms with E-state index in [4.69, 9.17) is 4.74 Å². The monoisotopic (exact) mass is 287 g/mol. The summed E-state index contributed by atoms with van der Waals surface area (Å²) in [7, 11) is 0. The molecular weight excluding hydrogens is 267 g/mol. The summed E-state index contributed by atoms with van der Waals surface area (Å²) >= 11 is 0. The van der Waals surface area contributed by atoms with Crippen molar-refractivity contribution < 1.29 is 17.9 Å². The number of hydrogen-bond donors (Lipinski definition) is 1. The number of ether oxygens (including phenoxy) is 1. The molecule has 1 aromatic carbocycles. The van der Waals surface area contributed by atoms with E-state index < -0.39 is 12.1 Å². The highest BCUT2D eigenvalue weighted by Crippen LogP contribution is 2.38. The lowest BCUT2D eigenvalue weighted by atomic mass is 9.85. The van der Waals surface area contributed by atoms with Crippen molar-refractivity contribution in [1.29, 1.82) is 0 Å². The van der Waals surface area contributed by atoms with Gasteiger partial charge >= 0.3 is 6.18 Å². The first kappa shape index (κ1) is 15.0. The quantitative estimate of drug-likeness (QED) is 0.872. The van der Waals surface area contributed by atoms with Gasteiger partial charge in [-0.25, -0.2) is 0 Å². The van der Waals surface area contributed by atoms with Gasteiger partial charge in [0.25, 0.3) is 0 Å². The zero-order valence-electron chi connectivity index (χ0n) is 11.5. The third kappa shape index (κ3) is 4.05. The van der Waals surface area contributed by atoms with Crippen LogP contribution in [0.5, 0.6) is 5.75 Å². The van der Waals surface area contributed by atoms with E-state index in [1.54, 1.807) is 0 Å². The molecule has 2 nitrogen and oxygen atoms in total. The Bertz CT molecular complexity index is 416. The Morgan fingerprint density at radius 2 is 1.90 bits per heavy atom. The van der Waals surface area contributed by atoms with Crippen LogP contribution in [0.2, 0.25) is 0 Å². The van der Waals surface area contributed by atoms with Crippen LogP contribution in [0.3, 0.4) is 0 Å². The van der Waals surface area contributed by atoms with E-state index in [1.165, 1.54) is 0 Å². The van der Waals surface area contributed by atoms with E-state index in [-0.39, 0.29) is 18.9 Å². The van der Waals surface area contributed by atoms with Crippen molar-refractivity contribution in [3.8, 4) is 5.75 Å². The molecule has 20 heavy (non-hydrogen) atoms. The molecule has 0 amide bonds. The Labute approximate surface area is 117 Å². The number of anilines is 1. The van der Waals surface area contributed by atoms with Crippen molar-refractivity contribution in [3.63, 3.8) is 0 Å². The fraction of sp³-hybridized carbons (Fsp3) is 0.600. The molecule has 5 heteroatoms. The van der Waals surface area contributed by atoms with Crippen LogP contribution in [0.4, 0.5) is 18.9 Å². The zero-order chi connectivity index (χ0) is 14.6. The number of alkyl halides is 3. The summed E-state index contributed by atoms with van der Waals surface area (Å²) in [5.41, 5.74) is 0.848. The number of benzene rings is 1. The molecule has 2 rings (SSSR count). The van der Waals surface area contributed by atoms with Gasteiger partial charge in [-0.2, -0.15) is 13.2 Å². The average Bonchev–Trinajstić information content (AvgIpc) is 2.41. The number of rotatable bonds is 4. The Balaban J connectivity index is 1.92. The Morgan fingerprint density at radius 1 is 1.20 bits per heavy atom. The molecule has 112 valence electrons. The van der Waals surface area contributed by atoms with Gasteiger partial charge in [0.2, 0.25) is 0 Å². The van der Waals surface area contributed by atoms with E-state index in [2.05, 4.69) is 5.32 Å². The van der Waals surface area contributed by atoms with Gasteiger partial charge in [0, 0.05) is 11.7 Å². The van der Waals surface area contributed by atoms with Crippen LogP contribution in [0.25, 0.3) is 0 Å². The molecule has 2 atom stereocenters. The molecule has 0 saturated heterocycles. The van der Waals surface area contributed by atoms with Crippen molar-refractivity contribution in [2.75, 3.05) is 11.9 Å². The molecule has 0 aliphatic heterocycles. The average molecular weight is 287 g/mol. The molecule has 1 aliphatic rings. The summed E-state index contributed by atoms with van der Waals surface area (Å²) in [6, 6.07) is 7.25. The van der Waals surface area contributed by atoms with Crippen LogP contribution in [0.1, 0.15) is 32.6 Å². The zero-order valence-corrected chi connectivity index (χ0v) is 11.5. The minimum Gasteiger partial charge on any atom is -0.494 e. The molecule has 0 aromatic heterocycles. The Kier molecular flexibility index (Phi) is 4.78. The lowest BCUT2D eigenvalue weighted by molar-refractivity contribution is -0.182. The van der Waals surface area contributed by atoms with Crippen LogP contribution in [-0.4, -0.2) is 18.8 Å². The smallest absolute Gasteiger partial charge is 0.391 e. The lowest BCUT2D eigenvalue weighted by Gasteiger charge is -2.31. The number of nitrogens with one attached hydrogen (secondary N) is 1. The standard InChI is InChI=1S/C15H20F3NO/c1-2-20-14-8-6-12(7-9-14)19-13-5-3-4-11(10-13)15(16,17)18/h6-9,11,13,19H,2-5,10H2,1H3. The van der Waals surface area contributed by atoms with E-state index in [9.17, 15) is 13.2 Å². The molecule has 0 spiro atoms. The predicted octanol–water partition coefficient (Wildman–Crippen LogP) is 4.62. The van der Waals surface area contributed by atoms with Crippen LogP contribution in [0, 0.1) is 5.92 Å². The normalized spacial score (nSPS) is 23.4. The van der Waals surface area contributed by atoms with Gasteiger partial charge in [0.1, 0.15) is 5.75 Å². The molecule has 1 aromatic rings. The van der Waals surface area contributed by atoms with Gasteiger partial charge in [-0.05, 0) is 50.5 Å². The molecule has 1 N–H and O–H groups in total. The molecule has 0 bridgehead atoms. The number of halogens is 3. The van der Waals surface area contributed by atoms with Crippen LogP contribution in [-0.2, 0) is 0 Å². The third-order valence-electron chi connectivity index (χ3n) is 3.67. The molecule has 1 saturated carbocycles. The third-order valence-corrected chi connectivity index (χ3v) is 3.67. The second-order valence-corrected chi connectivity index (χ2v) is 5.20. The van der Waals surface area contributed by atoms with Crippen molar-refractivity contribution in [3.05, 3.63) is 24.3 Å². The van der Waals surface area contributed by atoms with E-state index in [0.29, 0.717) is 13.0 Å². The van der Waals surface area contributed by atoms with Crippen molar-refractivity contribution in [2.24, 2.45) is 5.92 Å². The van der Waals surface area contributed by atoms with Gasteiger partial charge in [0.15, 0.2) is 0 Å². The second-order valence-electron chi connectivity index (χ2n) is 5.20. The molecule has 1 aliphatic carbocycles. The topological polar surface area (TPSA) is 21.3 Å². The first-order valence-corrected chi connectivity index (χ1v) is 7.05. The number of hydrogen-bond acceptors (Lipinski definition) is 2. The lowest BCUT2D eigenvalue weighted by Crippen LogP contribution is -2.34. The summed E-state index contributed by atoms with van der Waals surface area (Å²) in [6.45, 7) is 2.51. The highest BCUT2D eigenvalue weighted by atomic mass is 19.4. The summed E-state index contributed by atoms with van der Waals surface area (Å²) in [6.07, 6.45) is -2.24. The minimum absolute atomic E-state index is 0.103. The summed E-state index contributed by atoms with van der Waals surface area (Å²) in [5.74, 6) is -0.397. The van der Waals surface area contributed by atoms with Crippen LogP contribution < -0.4 is 10.1 Å². The molecule has 0 heterocycles. The maximum absolute atomic E-state index is 12.7. The molecule has 1 fully saturated rings. The molecule has 0 radical (unpaired) electrons. The fourth-order valence-corrected chi connectivity index (χ4v) is 2.67. The van der Waals surface area contributed by atoms with Crippen molar-refractivity contribution in [2.45, 2.75) is 44.8 Å². The first-order chi connectivity index (χ1) is 9.49. The van der Waals surface area contributed by atoms with Crippen LogP contribution in [0.15, 0.2) is 24.3 Å². The van der Waals surface area contributed by atoms with Gasteiger partial charge in [0.05, 0.1) is 12.5 Å². The maximum Gasteiger partial charge on any atom is 0.391 e. The van der Waals surface area contributed by atoms with Gasteiger partial charge in [-0.3, -0.25) is 0 Å². The van der Waals surface area contributed by atoms with Crippen molar-refractivity contribution in [1.82, 2.24) is 0 Å². The van der Waals surface area contributed by atoms with Crippen LogP contribution >= 0.6 is 0 Å². The highest BCUT2D eigenvalue weighted by Gasteiger charge is 2.42. The summed E-state index contributed by atoms with van der Waals surface area (Å²) in [5, 5.41) is 3.20. The second kappa shape index (κ2) is 6.37. The first-order valence-electron chi connectivity index (χ1n) is 7.05. The van der Waals surface area contributed by atoms with Gasteiger partial charge < -0.3 is 10.1 Å². The summed E-state index contributed by atoms with van der Waals surface area (Å²) in [4.78, 5) is 0. The SMILES string of the molecule is CCOc1ccc(NC2CCCC(C(F)(F)F)C2)cc1. The van der Waals surface area contributed by atoms with E-state index >= 15 is 0 Å². The maximum atomic E-state index is 12.7. The molecule has 2 unspecified atom stereocenters. The minimum atomic E-state index is -4.07. The van der Waals surface area contributed by atoms with E-state index in [0.717, 1.165) is 17.9 Å². The highest BCUT2D eigenvalue weighted by molar-refractivity contribution is 5.47. The largest absolute Gasteiger partial charge is 0.494 e. The fourth-order valence-electron chi connectivity index (χ4n) is 2.67. The van der Waals surface area contributed by atoms with Gasteiger partial charge in [-0.15, -0.1) is 0 Å². The molecular formula is C15H20F3NO.